The predicted molar refractivity (Wildman–Crippen MR) is 108 cm³/mol. The van der Waals surface area contributed by atoms with Gasteiger partial charge in [-0.1, -0.05) is 11.6 Å². The molecule has 0 bridgehead atoms. The molecule has 0 saturated carbocycles. The number of aromatic nitrogens is 4. The highest BCUT2D eigenvalue weighted by Gasteiger charge is 2.08. The Morgan fingerprint density at radius 2 is 1.90 bits per heavy atom. The fourth-order valence-corrected chi connectivity index (χ4v) is 2.61. The fourth-order valence-electron chi connectivity index (χ4n) is 2.43. The lowest BCUT2D eigenvalue weighted by molar-refractivity contribution is -0.121. The van der Waals surface area contributed by atoms with Crippen LogP contribution >= 0.6 is 11.6 Å². The summed E-state index contributed by atoms with van der Waals surface area (Å²) in [6, 6.07) is 10.7. The molecule has 3 N–H and O–H groups in total. The van der Waals surface area contributed by atoms with Gasteiger partial charge in [-0.25, -0.2) is 4.79 Å². The third-order valence-electron chi connectivity index (χ3n) is 3.84. The van der Waals surface area contributed by atoms with Crippen molar-refractivity contribution in [3.05, 3.63) is 71.0 Å². The van der Waals surface area contributed by atoms with Gasteiger partial charge in [-0.3, -0.25) is 9.59 Å². The molecule has 11 heteroatoms. The minimum absolute atomic E-state index is 0.105. The second-order valence-corrected chi connectivity index (χ2v) is 6.38. The zero-order chi connectivity index (χ0) is 21.5. The molecule has 2 aromatic carbocycles. The van der Waals surface area contributed by atoms with Crippen molar-refractivity contribution in [1.29, 1.82) is 0 Å². The Hall–Kier alpha value is -4.05. The number of halogens is 1. The van der Waals surface area contributed by atoms with Gasteiger partial charge in [0.1, 0.15) is 6.33 Å². The largest absolute Gasteiger partial charge is 0.478 e. The number of carboxylic acids is 1. The molecule has 3 rings (SSSR count). The third-order valence-corrected chi connectivity index (χ3v) is 4.07. The van der Waals surface area contributed by atoms with Gasteiger partial charge < -0.3 is 15.7 Å². The van der Waals surface area contributed by atoms with E-state index in [1.165, 1.54) is 47.4 Å². The first-order chi connectivity index (χ1) is 14.4. The molecule has 0 saturated heterocycles. The maximum Gasteiger partial charge on any atom is 0.335 e. The van der Waals surface area contributed by atoms with Crippen LogP contribution in [0.25, 0.3) is 11.8 Å². The van der Waals surface area contributed by atoms with Gasteiger partial charge in [-0.15, -0.1) is 5.10 Å². The summed E-state index contributed by atoms with van der Waals surface area (Å²) < 4.78 is 1.43. The molecule has 2 amide bonds. The van der Waals surface area contributed by atoms with Crippen molar-refractivity contribution >= 4 is 41.1 Å². The van der Waals surface area contributed by atoms with Gasteiger partial charge in [0.05, 0.1) is 17.8 Å². The van der Waals surface area contributed by atoms with Crippen LogP contribution in [-0.2, 0) is 9.59 Å². The Kier molecular flexibility index (Phi) is 6.50. The van der Waals surface area contributed by atoms with E-state index in [0.29, 0.717) is 22.0 Å². The molecular weight excluding hydrogens is 412 g/mol. The summed E-state index contributed by atoms with van der Waals surface area (Å²) in [5.74, 6) is -2.01. The second kappa shape index (κ2) is 9.43. The summed E-state index contributed by atoms with van der Waals surface area (Å²) in [7, 11) is 0. The molecule has 1 heterocycles. The number of carbonyl (C=O) groups excluding carboxylic acids is 2. The Morgan fingerprint density at radius 3 is 2.57 bits per heavy atom. The third kappa shape index (κ3) is 5.49. The number of carboxylic acid groups (broad SMARTS) is 1. The van der Waals surface area contributed by atoms with Crippen molar-refractivity contribution in [2.75, 3.05) is 11.9 Å². The standard InChI is InChI=1S/C19H15ClN6O4/c20-14-4-7-16(26-11-22-24-25-26)13(9-14)3-8-17(27)21-10-18(28)23-15-5-1-12(2-6-15)19(29)30/h1-9,11H,10H2,(H,21,27)(H,23,28)(H,29,30)/b8-3+. The molecule has 10 nitrogen and oxygen atoms in total. The van der Waals surface area contributed by atoms with Crippen molar-refractivity contribution in [3.8, 4) is 5.69 Å². The molecular formula is C19H15ClN6O4. The lowest BCUT2D eigenvalue weighted by Gasteiger charge is -2.07. The number of carbonyl (C=O) groups is 3. The lowest BCUT2D eigenvalue weighted by atomic mass is 10.1. The highest BCUT2D eigenvalue weighted by Crippen LogP contribution is 2.20. The molecule has 0 aliphatic heterocycles. The summed E-state index contributed by atoms with van der Waals surface area (Å²) in [5, 5.41) is 25.3. The molecule has 0 aliphatic carbocycles. The van der Waals surface area contributed by atoms with Crippen LogP contribution in [0.1, 0.15) is 15.9 Å². The zero-order valence-electron chi connectivity index (χ0n) is 15.3. The predicted octanol–water partition coefficient (Wildman–Crippen LogP) is 1.78. The summed E-state index contributed by atoms with van der Waals surface area (Å²) in [6.45, 7) is -0.265. The monoisotopic (exact) mass is 426 g/mol. The first-order valence-corrected chi connectivity index (χ1v) is 8.92. The van der Waals surface area contributed by atoms with Gasteiger partial charge in [0.2, 0.25) is 11.8 Å². The Labute approximate surface area is 175 Å². The molecule has 0 aliphatic rings. The van der Waals surface area contributed by atoms with Gasteiger partial charge in [0, 0.05) is 22.3 Å². The van der Waals surface area contributed by atoms with Gasteiger partial charge in [0.25, 0.3) is 0 Å². The topological polar surface area (TPSA) is 139 Å². The van der Waals surface area contributed by atoms with Crippen molar-refractivity contribution in [2.45, 2.75) is 0 Å². The smallest absolute Gasteiger partial charge is 0.335 e. The minimum atomic E-state index is -1.06. The highest BCUT2D eigenvalue weighted by molar-refractivity contribution is 6.30. The average molecular weight is 427 g/mol. The molecule has 152 valence electrons. The maximum absolute atomic E-state index is 12.1. The van der Waals surface area contributed by atoms with E-state index in [1.807, 2.05) is 0 Å². The van der Waals surface area contributed by atoms with Crippen LogP contribution in [0.4, 0.5) is 5.69 Å². The summed E-state index contributed by atoms with van der Waals surface area (Å²) in [4.78, 5) is 34.8. The molecule has 0 atom stereocenters. The molecule has 0 fully saturated rings. The quantitative estimate of drug-likeness (QED) is 0.489. The first-order valence-electron chi connectivity index (χ1n) is 8.54. The van der Waals surface area contributed by atoms with Crippen molar-refractivity contribution in [2.24, 2.45) is 0 Å². The van der Waals surface area contributed by atoms with Gasteiger partial charge in [-0.05, 0) is 59.0 Å². The molecule has 3 aromatic rings. The van der Waals surface area contributed by atoms with Crippen LogP contribution in [0, 0.1) is 0 Å². The second-order valence-electron chi connectivity index (χ2n) is 5.94. The van der Waals surface area contributed by atoms with E-state index in [1.54, 1.807) is 18.2 Å². The minimum Gasteiger partial charge on any atom is -0.478 e. The molecule has 0 unspecified atom stereocenters. The normalized spacial score (nSPS) is 10.7. The number of anilines is 1. The van der Waals surface area contributed by atoms with E-state index in [9.17, 15) is 14.4 Å². The van der Waals surface area contributed by atoms with Crippen molar-refractivity contribution < 1.29 is 19.5 Å². The molecule has 1 aromatic heterocycles. The summed E-state index contributed by atoms with van der Waals surface area (Å²) in [5.41, 5.74) is 1.75. The van der Waals surface area contributed by atoms with Crippen LogP contribution in [0.2, 0.25) is 5.02 Å². The van der Waals surface area contributed by atoms with Crippen LogP contribution in [0.5, 0.6) is 0 Å². The van der Waals surface area contributed by atoms with Crippen molar-refractivity contribution in [3.63, 3.8) is 0 Å². The van der Waals surface area contributed by atoms with Crippen molar-refractivity contribution in [1.82, 2.24) is 25.5 Å². The summed E-state index contributed by atoms with van der Waals surface area (Å²) in [6.07, 6.45) is 4.20. The summed E-state index contributed by atoms with van der Waals surface area (Å²) >= 11 is 6.02. The van der Waals surface area contributed by atoms with E-state index in [-0.39, 0.29) is 12.1 Å². The Bertz CT molecular complexity index is 1100. The number of benzene rings is 2. The van der Waals surface area contributed by atoms with E-state index < -0.39 is 17.8 Å². The number of hydrogen-bond acceptors (Lipinski definition) is 6. The fraction of sp³-hybridized carbons (Fsp3) is 0.0526. The van der Waals surface area contributed by atoms with E-state index >= 15 is 0 Å². The van der Waals surface area contributed by atoms with Crippen LogP contribution in [-0.4, -0.2) is 49.6 Å². The number of nitrogens with one attached hydrogen (secondary N) is 2. The Balaban J connectivity index is 1.57. The van der Waals surface area contributed by atoms with Crippen LogP contribution in [0.3, 0.4) is 0 Å². The first kappa shape index (κ1) is 20.7. The molecule has 0 radical (unpaired) electrons. The SMILES string of the molecule is O=C(/C=C/c1cc(Cl)ccc1-n1cnnn1)NCC(=O)Nc1ccc(C(=O)O)cc1. The molecule has 0 spiro atoms. The van der Waals surface area contributed by atoms with Crippen LogP contribution in [0.15, 0.2) is 54.9 Å². The van der Waals surface area contributed by atoms with Gasteiger partial charge >= 0.3 is 5.97 Å². The average Bonchev–Trinajstić information content (AvgIpc) is 3.26. The number of aromatic carboxylic acids is 1. The highest BCUT2D eigenvalue weighted by atomic mass is 35.5. The Morgan fingerprint density at radius 1 is 1.13 bits per heavy atom. The number of nitrogens with zero attached hydrogens (tertiary/aromatic N) is 4. The van der Waals surface area contributed by atoms with Gasteiger partial charge in [-0.2, -0.15) is 4.68 Å². The maximum atomic E-state index is 12.1. The number of hydrogen-bond donors (Lipinski definition) is 3. The van der Waals surface area contributed by atoms with E-state index in [2.05, 4.69) is 26.2 Å². The van der Waals surface area contributed by atoms with E-state index in [0.717, 1.165) is 0 Å². The van der Waals surface area contributed by atoms with Crippen LogP contribution < -0.4 is 10.6 Å². The lowest BCUT2D eigenvalue weighted by Crippen LogP contribution is -2.31. The molecule has 30 heavy (non-hydrogen) atoms. The van der Waals surface area contributed by atoms with E-state index in [4.69, 9.17) is 16.7 Å². The number of amides is 2. The number of tetrazole rings is 1. The number of rotatable bonds is 7. The van der Waals surface area contributed by atoms with Gasteiger partial charge in [0.15, 0.2) is 0 Å². The zero-order valence-corrected chi connectivity index (χ0v) is 16.1.